The van der Waals surface area contributed by atoms with Gasteiger partial charge in [-0.2, -0.15) is 0 Å². The highest BCUT2D eigenvalue weighted by Gasteiger charge is 2.20. The van der Waals surface area contributed by atoms with Crippen LogP contribution in [0.15, 0.2) is 30.3 Å². The molecule has 202 valence electrons. The van der Waals surface area contributed by atoms with Crippen molar-refractivity contribution in [3.8, 4) is 5.75 Å². The summed E-state index contributed by atoms with van der Waals surface area (Å²) < 4.78 is 6.14. The summed E-state index contributed by atoms with van der Waals surface area (Å²) >= 11 is 5.98. The molecule has 0 unspecified atom stereocenters. The number of hydrogen-bond donors (Lipinski definition) is 1. The predicted octanol–water partition coefficient (Wildman–Crippen LogP) is 5.19. The maximum absolute atomic E-state index is 13.1. The average molecular weight is 528 g/mol. The minimum absolute atomic E-state index is 0.0148. The van der Waals surface area contributed by atoms with Crippen LogP contribution in [0.5, 0.6) is 5.75 Å². The number of hydrogen-bond acceptors (Lipinski definition) is 5. The smallest absolute Gasteiger partial charge is 0.234 e. The number of ketones is 1. The van der Waals surface area contributed by atoms with Crippen molar-refractivity contribution in [2.45, 2.75) is 59.9 Å². The molecule has 2 aromatic carbocycles. The van der Waals surface area contributed by atoms with E-state index in [1.165, 1.54) is 0 Å². The van der Waals surface area contributed by atoms with Gasteiger partial charge in [-0.25, -0.2) is 0 Å². The van der Waals surface area contributed by atoms with E-state index in [2.05, 4.69) is 15.1 Å². The summed E-state index contributed by atoms with van der Waals surface area (Å²) in [4.78, 5) is 29.8. The first-order valence-electron chi connectivity index (χ1n) is 13.4. The Labute approximate surface area is 227 Å². The van der Waals surface area contributed by atoms with Gasteiger partial charge in [0, 0.05) is 48.4 Å². The summed E-state index contributed by atoms with van der Waals surface area (Å²) in [7, 11) is 0. The molecule has 0 saturated carbocycles. The normalized spacial score (nSPS) is 14.7. The second-order valence-electron chi connectivity index (χ2n) is 10.4. The Hall–Kier alpha value is -2.41. The van der Waals surface area contributed by atoms with Crippen molar-refractivity contribution in [3.05, 3.63) is 63.2 Å². The van der Waals surface area contributed by atoms with E-state index in [-0.39, 0.29) is 17.7 Å². The zero-order chi connectivity index (χ0) is 26.9. The Bertz CT molecular complexity index is 1060. The standard InChI is InChI=1S/C30H42ClN3O3/c1-21(2)32-28(35)20-34-16-14-33(15-17-34)13-7-6-8-18-37-27-19-22(3)29(24(5)23(27)4)30(36)25-9-11-26(31)12-10-25/h9-12,19,21H,6-8,13-18,20H2,1-5H3,(H,32,35). The fourth-order valence-electron chi connectivity index (χ4n) is 4.83. The molecule has 7 heteroatoms. The summed E-state index contributed by atoms with van der Waals surface area (Å²) in [5.41, 5.74) is 4.30. The molecule has 1 saturated heterocycles. The van der Waals surface area contributed by atoms with Crippen molar-refractivity contribution in [1.29, 1.82) is 0 Å². The van der Waals surface area contributed by atoms with Crippen LogP contribution in [0.1, 0.15) is 65.7 Å². The van der Waals surface area contributed by atoms with Gasteiger partial charge in [-0.15, -0.1) is 0 Å². The van der Waals surface area contributed by atoms with Gasteiger partial charge in [-0.05, 0) is 107 Å². The Balaban J connectivity index is 1.39. The summed E-state index contributed by atoms with van der Waals surface area (Å²) in [6.45, 7) is 16.2. The number of amides is 1. The minimum atomic E-state index is 0.0148. The lowest BCUT2D eigenvalue weighted by atomic mass is 9.91. The van der Waals surface area contributed by atoms with E-state index >= 15 is 0 Å². The van der Waals surface area contributed by atoms with Gasteiger partial charge in [0.15, 0.2) is 5.78 Å². The van der Waals surface area contributed by atoms with E-state index in [4.69, 9.17) is 16.3 Å². The zero-order valence-electron chi connectivity index (χ0n) is 23.0. The van der Waals surface area contributed by atoms with Gasteiger partial charge in [0.25, 0.3) is 0 Å². The van der Waals surface area contributed by atoms with Gasteiger partial charge >= 0.3 is 0 Å². The van der Waals surface area contributed by atoms with E-state index < -0.39 is 0 Å². The highest BCUT2D eigenvalue weighted by atomic mass is 35.5. The van der Waals surface area contributed by atoms with Crippen LogP contribution < -0.4 is 10.1 Å². The second kappa shape index (κ2) is 13.9. The molecule has 1 amide bonds. The molecule has 0 atom stereocenters. The number of aryl methyl sites for hydroxylation is 1. The van der Waals surface area contributed by atoms with Gasteiger partial charge in [0.05, 0.1) is 13.2 Å². The minimum Gasteiger partial charge on any atom is -0.493 e. The van der Waals surface area contributed by atoms with Crippen molar-refractivity contribution in [1.82, 2.24) is 15.1 Å². The molecule has 0 aromatic heterocycles. The number of piperazine rings is 1. The first kappa shape index (κ1) is 29.2. The Morgan fingerprint density at radius 3 is 2.24 bits per heavy atom. The first-order valence-corrected chi connectivity index (χ1v) is 13.8. The molecule has 3 rings (SSSR count). The second-order valence-corrected chi connectivity index (χ2v) is 10.8. The highest BCUT2D eigenvalue weighted by Crippen LogP contribution is 2.30. The Morgan fingerprint density at radius 1 is 0.946 bits per heavy atom. The number of benzene rings is 2. The van der Waals surface area contributed by atoms with Crippen LogP contribution in [-0.4, -0.2) is 73.4 Å². The topological polar surface area (TPSA) is 61.9 Å². The van der Waals surface area contributed by atoms with Crippen LogP contribution in [0.4, 0.5) is 0 Å². The summed E-state index contributed by atoms with van der Waals surface area (Å²) in [6.07, 6.45) is 3.25. The fraction of sp³-hybridized carbons (Fsp3) is 0.533. The number of halogens is 1. The molecular weight excluding hydrogens is 486 g/mol. The molecule has 1 aliphatic heterocycles. The van der Waals surface area contributed by atoms with Gasteiger partial charge in [0.1, 0.15) is 5.75 Å². The van der Waals surface area contributed by atoms with Crippen molar-refractivity contribution < 1.29 is 14.3 Å². The summed E-state index contributed by atoms with van der Waals surface area (Å²) in [5.74, 6) is 0.994. The number of carbonyl (C=O) groups is 2. The lowest BCUT2D eigenvalue weighted by molar-refractivity contribution is -0.123. The molecule has 1 aliphatic rings. The summed E-state index contributed by atoms with van der Waals surface area (Å²) in [5, 5.41) is 3.59. The average Bonchev–Trinajstić information content (AvgIpc) is 2.85. The third-order valence-electron chi connectivity index (χ3n) is 7.04. The van der Waals surface area contributed by atoms with Crippen molar-refractivity contribution in [2.75, 3.05) is 45.9 Å². The lowest BCUT2D eigenvalue weighted by Crippen LogP contribution is -2.50. The van der Waals surface area contributed by atoms with Crippen molar-refractivity contribution in [3.63, 3.8) is 0 Å². The van der Waals surface area contributed by atoms with Gasteiger partial charge in [-0.3, -0.25) is 14.5 Å². The molecule has 0 spiro atoms. The van der Waals surface area contributed by atoms with Crippen LogP contribution in [0.25, 0.3) is 0 Å². The van der Waals surface area contributed by atoms with E-state index in [0.29, 0.717) is 23.7 Å². The number of carbonyl (C=O) groups excluding carboxylic acids is 2. The lowest BCUT2D eigenvalue weighted by Gasteiger charge is -2.34. The van der Waals surface area contributed by atoms with Crippen LogP contribution >= 0.6 is 11.6 Å². The van der Waals surface area contributed by atoms with Crippen LogP contribution in [0, 0.1) is 20.8 Å². The Morgan fingerprint density at radius 2 is 1.59 bits per heavy atom. The number of rotatable bonds is 12. The fourth-order valence-corrected chi connectivity index (χ4v) is 4.95. The third-order valence-corrected chi connectivity index (χ3v) is 7.29. The monoisotopic (exact) mass is 527 g/mol. The van der Waals surface area contributed by atoms with Crippen LogP contribution in [-0.2, 0) is 4.79 Å². The number of nitrogens with zero attached hydrogens (tertiary/aromatic N) is 2. The molecule has 37 heavy (non-hydrogen) atoms. The molecule has 1 heterocycles. The van der Waals surface area contributed by atoms with Crippen molar-refractivity contribution in [2.24, 2.45) is 0 Å². The Kier molecular flexibility index (Phi) is 11.0. The highest BCUT2D eigenvalue weighted by molar-refractivity contribution is 6.30. The third kappa shape index (κ3) is 8.56. The maximum atomic E-state index is 13.1. The molecule has 2 aromatic rings. The van der Waals surface area contributed by atoms with Gasteiger partial charge in [0.2, 0.25) is 5.91 Å². The van der Waals surface area contributed by atoms with E-state index in [1.807, 2.05) is 40.7 Å². The number of nitrogens with one attached hydrogen (secondary N) is 1. The molecular formula is C30H42ClN3O3. The molecule has 0 radical (unpaired) electrons. The molecule has 1 fully saturated rings. The molecule has 1 N–H and O–H groups in total. The largest absolute Gasteiger partial charge is 0.493 e. The quantitative estimate of drug-likeness (QED) is 0.304. The summed E-state index contributed by atoms with van der Waals surface area (Å²) in [6, 6.07) is 9.23. The predicted molar refractivity (Wildman–Crippen MR) is 151 cm³/mol. The van der Waals surface area contributed by atoms with Crippen LogP contribution in [0.2, 0.25) is 5.02 Å². The molecule has 0 aliphatic carbocycles. The zero-order valence-corrected chi connectivity index (χ0v) is 23.8. The SMILES string of the molecule is Cc1cc(OCCCCCN2CCN(CC(=O)NC(C)C)CC2)c(C)c(C)c1C(=O)c1ccc(Cl)cc1. The van der Waals surface area contributed by atoms with Gasteiger partial charge < -0.3 is 15.0 Å². The molecule has 0 bridgehead atoms. The van der Waals surface area contributed by atoms with E-state index in [9.17, 15) is 9.59 Å². The van der Waals surface area contributed by atoms with E-state index in [0.717, 1.165) is 80.0 Å². The maximum Gasteiger partial charge on any atom is 0.234 e. The number of unbranched alkanes of at least 4 members (excludes halogenated alkanes) is 2. The van der Waals surface area contributed by atoms with Crippen LogP contribution in [0.3, 0.4) is 0 Å². The molecule has 6 nitrogen and oxygen atoms in total. The van der Waals surface area contributed by atoms with Crippen molar-refractivity contribution >= 4 is 23.3 Å². The van der Waals surface area contributed by atoms with E-state index in [1.54, 1.807) is 24.3 Å². The van der Waals surface area contributed by atoms with Gasteiger partial charge in [-0.1, -0.05) is 11.6 Å². The first-order chi connectivity index (χ1) is 17.7. The number of ether oxygens (including phenoxy) is 1.